The van der Waals surface area contributed by atoms with Crippen LogP contribution in [-0.2, 0) is 11.3 Å². The Kier molecular flexibility index (Phi) is 5.12. The molecule has 2 N–H and O–H groups in total. The number of H-pyrrole nitrogens is 1. The summed E-state index contributed by atoms with van der Waals surface area (Å²) in [5, 5.41) is 5.88. The second-order valence-corrected chi connectivity index (χ2v) is 6.41. The van der Waals surface area contributed by atoms with Crippen LogP contribution in [0.3, 0.4) is 0 Å². The van der Waals surface area contributed by atoms with Crippen LogP contribution in [0.15, 0.2) is 52.1 Å². The zero-order chi connectivity index (χ0) is 19.6. The Hall–Kier alpha value is -3.35. The number of rotatable bonds is 5. The lowest BCUT2D eigenvalue weighted by Gasteiger charge is -2.18. The number of fused-ring (bicyclic) bond motifs is 1. The standard InChI is InChI=1S/C20H21N3O4/c1-12-8-9-17(27-3)16(10-12)13(2)21-18(24)11-23-20(26)15-7-5-4-6-14(15)19(25)22-23/h4-10,13H,11H2,1-3H3,(H,21,24)(H,22,25)/t13-/m1/s1. The topological polar surface area (TPSA) is 93.2 Å². The van der Waals surface area contributed by atoms with Crippen molar-refractivity contribution in [3.05, 3.63) is 74.3 Å². The molecular weight excluding hydrogens is 346 g/mol. The first kappa shape index (κ1) is 18.4. The molecule has 3 aromatic rings. The fourth-order valence-corrected chi connectivity index (χ4v) is 3.06. The van der Waals surface area contributed by atoms with Crippen molar-refractivity contribution >= 4 is 16.7 Å². The van der Waals surface area contributed by atoms with Crippen LogP contribution in [0.25, 0.3) is 10.8 Å². The second-order valence-electron chi connectivity index (χ2n) is 6.41. The molecule has 0 aliphatic heterocycles. The molecule has 2 aromatic carbocycles. The van der Waals surface area contributed by atoms with Crippen LogP contribution < -0.4 is 21.2 Å². The minimum Gasteiger partial charge on any atom is -0.496 e. The number of methoxy groups -OCH3 is 1. The maximum atomic E-state index is 12.5. The molecule has 0 saturated carbocycles. The van der Waals surface area contributed by atoms with E-state index < -0.39 is 11.1 Å². The Bertz CT molecular complexity index is 1110. The van der Waals surface area contributed by atoms with Gasteiger partial charge in [-0.15, -0.1) is 0 Å². The largest absolute Gasteiger partial charge is 0.496 e. The molecular formula is C20H21N3O4. The summed E-state index contributed by atoms with van der Waals surface area (Å²) in [6.07, 6.45) is 0. The summed E-state index contributed by atoms with van der Waals surface area (Å²) >= 11 is 0. The molecule has 0 saturated heterocycles. The summed E-state index contributed by atoms with van der Waals surface area (Å²) in [5.74, 6) is 0.281. The number of aryl methyl sites for hydroxylation is 1. The fourth-order valence-electron chi connectivity index (χ4n) is 3.06. The van der Waals surface area contributed by atoms with E-state index in [1.165, 1.54) is 0 Å². The Labute approximate surface area is 155 Å². The van der Waals surface area contributed by atoms with E-state index in [1.807, 2.05) is 32.0 Å². The highest BCUT2D eigenvalue weighted by atomic mass is 16.5. The van der Waals surface area contributed by atoms with E-state index in [4.69, 9.17) is 4.74 Å². The zero-order valence-corrected chi connectivity index (χ0v) is 15.4. The lowest BCUT2D eigenvalue weighted by atomic mass is 10.0. The van der Waals surface area contributed by atoms with E-state index in [0.717, 1.165) is 15.8 Å². The average molecular weight is 367 g/mol. The van der Waals surface area contributed by atoms with Crippen molar-refractivity contribution in [3.8, 4) is 5.75 Å². The van der Waals surface area contributed by atoms with Gasteiger partial charge in [0, 0.05) is 5.56 Å². The SMILES string of the molecule is COc1ccc(C)cc1[C@@H](C)NC(=O)Cn1[nH]c(=O)c2ccccc2c1=O. The van der Waals surface area contributed by atoms with Gasteiger partial charge in [0.1, 0.15) is 12.3 Å². The van der Waals surface area contributed by atoms with Gasteiger partial charge in [0.15, 0.2) is 0 Å². The first-order valence-corrected chi connectivity index (χ1v) is 8.56. The smallest absolute Gasteiger partial charge is 0.273 e. The van der Waals surface area contributed by atoms with Crippen molar-refractivity contribution in [1.29, 1.82) is 0 Å². The summed E-state index contributed by atoms with van der Waals surface area (Å²) in [5.41, 5.74) is 1.06. The first-order chi connectivity index (χ1) is 12.9. The molecule has 0 fully saturated rings. The number of aromatic nitrogens is 2. The maximum absolute atomic E-state index is 12.5. The van der Waals surface area contributed by atoms with Crippen molar-refractivity contribution in [2.45, 2.75) is 26.4 Å². The van der Waals surface area contributed by atoms with Gasteiger partial charge in [-0.05, 0) is 32.0 Å². The number of benzene rings is 2. The van der Waals surface area contributed by atoms with E-state index >= 15 is 0 Å². The molecule has 1 heterocycles. The van der Waals surface area contributed by atoms with Crippen molar-refractivity contribution in [2.24, 2.45) is 0 Å². The molecule has 0 bridgehead atoms. The van der Waals surface area contributed by atoms with Crippen molar-refractivity contribution in [2.75, 3.05) is 7.11 Å². The van der Waals surface area contributed by atoms with Gasteiger partial charge in [0.05, 0.1) is 23.9 Å². The molecule has 0 spiro atoms. The van der Waals surface area contributed by atoms with E-state index in [1.54, 1.807) is 31.4 Å². The van der Waals surface area contributed by atoms with Gasteiger partial charge in [-0.25, -0.2) is 4.68 Å². The monoisotopic (exact) mass is 367 g/mol. The molecule has 0 unspecified atom stereocenters. The normalized spacial score (nSPS) is 12.0. The Morgan fingerprint density at radius 1 is 1.19 bits per heavy atom. The molecule has 1 aromatic heterocycles. The van der Waals surface area contributed by atoms with Gasteiger partial charge < -0.3 is 10.1 Å². The van der Waals surface area contributed by atoms with Crippen molar-refractivity contribution in [3.63, 3.8) is 0 Å². The van der Waals surface area contributed by atoms with Crippen LogP contribution >= 0.6 is 0 Å². The third-order valence-electron chi connectivity index (χ3n) is 4.41. The quantitative estimate of drug-likeness (QED) is 0.720. The number of hydrogen-bond acceptors (Lipinski definition) is 4. The molecule has 0 radical (unpaired) electrons. The van der Waals surface area contributed by atoms with Crippen LogP contribution in [0.2, 0.25) is 0 Å². The zero-order valence-electron chi connectivity index (χ0n) is 15.4. The maximum Gasteiger partial charge on any atom is 0.273 e. The number of nitrogens with one attached hydrogen (secondary N) is 2. The van der Waals surface area contributed by atoms with Crippen LogP contribution in [0.4, 0.5) is 0 Å². The number of nitrogens with zero attached hydrogens (tertiary/aromatic N) is 1. The van der Waals surface area contributed by atoms with Crippen molar-refractivity contribution < 1.29 is 9.53 Å². The predicted molar refractivity (Wildman–Crippen MR) is 103 cm³/mol. The van der Waals surface area contributed by atoms with E-state index in [0.29, 0.717) is 11.1 Å². The molecule has 7 nitrogen and oxygen atoms in total. The van der Waals surface area contributed by atoms with Crippen LogP contribution in [0.1, 0.15) is 24.1 Å². The number of aromatic amines is 1. The molecule has 1 atom stereocenters. The third kappa shape index (κ3) is 3.76. The minimum absolute atomic E-state index is 0.280. The van der Waals surface area contributed by atoms with Crippen LogP contribution in [0.5, 0.6) is 5.75 Å². The lowest BCUT2D eigenvalue weighted by molar-refractivity contribution is -0.122. The van der Waals surface area contributed by atoms with Gasteiger partial charge in [0.25, 0.3) is 11.1 Å². The second kappa shape index (κ2) is 7.49. The highest BCUT2D eigenvalue weighted by Crippen LogP contribution is 2.25. The molecule has 27 heavy (non-hydrogen) atoms. The summed E-state index contributed by atoms with van der Waals surface area (Å²) in [7, 11) is 1.57. The van der Waals surface area contributed by atoms with E-state index in [9.17, 15) is 14.4 Å². The highest BCUT2D eigenvalue weighted by molar-refractivity contribution is 5.81. The molecule has 140 valence electrons. The highest BCUT2D eigenvalue weighted by Gasteiger charge is 2.16. The van der Waals surface area contributed by atoms with Gasteiger partial charge >= 0.3 is 0 Å². The summed E-state index contributed by atoms with van der Waals surface area (Å²) in [6, 6.07) is 11.9. The Morgan fingerprint density at radius 3 is 2.59 bits per heavy atom. The lowest BCUT2D eigenvalue weighted by Crippen LogP contribution is -2.37. The molecule has 0 aliphatic carbocycles. The van der Waals surface area contributed by atoms with E-state index in [-0.39, 0.29) is 23.9 Å². The van der Waals surface area contributed by atoms with Gasteiger partial charge in [-0.2, -0.15) is 0 Å². The first-order valence-electron chi connectivity index (χ1n) is 8.56. The number of hydrogen-bond donors (Lipinski definition) is 2. The van der Waals surface area contributed by atoms with Crippen LogP contribution in [-0.4, -0.2) is 22.8 Å². The van der Waals surface area contributed by atoms with Crippen LogP contribution in [0, 0.1) is 6.92 Å². The predicted octanol–water partition coefficient (Wildman–Crippen LogP) is 1.88. The Morgan fingerprint density at radius 2 is 1.89 bits per heavy atom. The number of amides is 1. The third-order valence-corrected chi connectivity index (χ3v) is 4.41. The van der Waals surface area contributed by atoms with Crippen molar-refractivity contribution in [1.82, 2.24) is 15.1 Å². The molecule has 0 aliphatic rings. The number of ether oxygens (including phenoxy) is 1. The van der Waals surface area contributed by atoms with Gasteiger partial charge in [-0.1, -0.05) is 29.8 Å². The molecule has 7 heteroatoms. The summed E-state index contributed by atoms with van der Waals surface area (Å²) in [4.78, 5) is 37.1. The average Bonchev–Trinajstić information content (AvgIpc) is 2.65. The molecule has 3 rings (SSSR count). The van der Waals surface area contributed by atoms with Gasteiger partial charge in [0.2, 0.25) is 5.91 Å². The summed E-state index contributed by atoms with van der Waals surface area (Å²) < 4.78 is 6.38. The summed E-state index contributed by atoms with van der Waals surface area (Å²) in [6.45, 7) is 3.51. The number of carbonyl (C=O) groups is 1. The fraction of sp³-hybridized carbons (Fsp3) is 0.250. The van der Waals surface area contributed by atoms with E-state index in [2.05, 4.69) is 10.4 Å². The number of carbonyl (C=O) groups excluding carboxylic acids is 1. The minimum atomic E-state index is -0.416. The van der Waals surface area contributed by atoms with Gasteiger partial charge in [-0.3, -0.25) is 19.5 Å². The Balaban J connectivity index is 1.84. The molecule has 1 amide bonds.